The molecule has 0 amide bonds. The van der Waals surface area contributed by atoms with Crippen molar-refractivity contribution in [2.24, 2.45) is 0 Å². The molecule has 440 valence electrons. The van der Waals surface area contributed by atoms with E-state index >= 15 is 0 Å². The highest BCUT2D eigenvalue weighted by atomic mass is 31.2. The predicted octanol–water partition coefficient (Wildman–Crippen LogP) is 19.2. The maximum absolute atomic E-state index is 12.8. The fraction of sp³-hybridized carbons (Fsp3) is 0.758. The van der Waals surface area contributed by atoms with Crippen LogP contribution in [0.2, 0.25) is 0 Å². The summed E-state index contributed by atoms with van der Waals surface area (Å²) >= 11 is 0. The third-order valence-electron chi connectivity index (χ3n) is 13.4. The Bertz CT molecular complexity index is 1560. The van der Waals surface area contributed by atoms with E-state index in [1.165, 1.54) is 154 Å². The van der Waals surface area contributed by atoms with Crippen molar-refractivity contribution >= 4 is 19.8 Å². The molecule has 0 aliphatic carbocycles. The first kappa shape index (κ1) is 73.2. The van der Waals surface area contributed by atoms with Crippen molar-refractivity contribution in [1.29, 1.82) is 0 Å². The number of rotatable bonds is 57. The minimum Gasteiger partial charge on any atom is -0.756 e. The number of carbonyl (C=O) groups is 2. The molecule has 0 bridgehead atoms. The molecule has 0 spiro atoms. The molecular weight excluding hydrogens is 966 g/mol. The van der Waals surface area contributed by atoms with Crippen LogP contribution in [-0.4, -0.2) is 70.0 Å². The topological polar surface area (TPSA) is 111 Å². The second kappa shape index (κ2) is 56.9. The number of likely N-dealkylation sites (N-methyl/N-ethyl adjacent to an activating group) is 1. The van der Waals surface area contributed by atoms with Gasteiger partial charge in [-0.2, -0.15) is 0 Å². The van der Waals surface area contributed by atoms with Gasteiger partial charge in [-0.1, -0.05) is 253 Å². The Morgan fingerprint density at radius 2 is 0.750 bits per heavy atom. The maximum atomic E-state index is 12.8. The zero-order chi connectivity index (χ0) is 55.6. The Balaban J connectivity index is 4.13. The van der Waals surface area contributed by atoms with E-state index in [0.717, 1.165) is 83.5 Å². The van der Waals surface area contributed by atoms with Crippen LogP contribution in [0.4, 0.5) is 0 Å². The smallest absolute Gasteiger partial charge is 0.306 e. The average molecular weight is 1080 g/mol. The summed E-state index contributed by atoms with van der Waals surface area (Å²) in [6.45, 7) is 4.13. The lowest BCUT2D eigenvalue weighted by atomic mass is 10.0. The Kier molecular flexibility index (Phi) is 54.8. The zero-order valence-electron chi connectivity index (χ0n) is 49.9. The van der Waals surface area contributed by atoms with E-state index in [1.807, 2.05) is 21.1 Å². The van der Waals surface area contributed by atoms with Crippen molar-refractivity contribution in [3.8, 4) is 0 Å². The summed E-state index contributed by atoms with van der Waals surface area (Å²) in [4.78, 5) is 38.0. The number of nitrogens with zero attached hydrogens (tertiary/aromatic N) is 1. The summed E-state index contributed by atoms with van der Waals surface area (Å²) in [6.07, 6.45) is 76.3. The summed E-state index contributed by atoms with van der Waals surface area (Å²) in [7, 11) is 1.16. The second-order valence-corrected chi connectivity index (χ2v) is 23.4. The van der Waals surface area contributed by atoms with E-state index in [-0.39, 0.29) is 32.0 Å². The summed E-state index contributed by atoms with van der Waals surface area (Å²) < 4.78 is 34.2. The van der Waals surface area contributed by atoms with Gasteiger partial charge >= 0.3 is 11.9 Å². The maximum Gasteiger partial charge on any atom is 0.306 e. The summed E-state index contributed by atoms with van der Waals surface area (Å²) in [5, 5.41) is 0. The van der Waals surface area contributed by atoms with Crippen LogP contribution in [0.5, 0.6) is 0 Å². The normalized spacial score (nSPS) is 13.8. The Morgan fingerprint density at radius 1 is 0.421 bits per heavy atom. The summed E-state index contributed by atoms with van der Waals surface area (Å²) in [5.74, 6) is -0.834. The van der Waals surface area contributed by atoms with E-state index in [9.17, 15) is 19.0 Å². The van der Waals surface area contributed by atoms with Gasteiger partial charge in [-0.05, 0) is 89.9 Å². The quantitative estimate of drug-likeness (QED) is 0.0195. The highest BCUT2D eigenvalue weighted by Crippen LogP contribution is 2.38. The first-order valence-corrected chi connectivity index (χ1v) is 32.8. The molecule has 0 aromatic rings. The van der Waals surface area contributed by atoms with E-state index in [2.05, 4.69) is 98.9 Å². The molecule has 0 aromatic heterocycles. The Labute approximate surface area is 469 Å². The molecule has 2 unspecified atom stereocenters. The molecule has 0 saturated carbocycles. The molecule has 0 aliphatic rings. The molecule has 0 saturated heterocycles. The van der Waals surface area contributed by atoms with Crippen molar-refractivity contribution < 1.29 is 42.1 Å². The standard InChI is InChI=1S/C66H118NO8P/c1-6-8-10-12-14-16-18-20-22-24-26-28-30-32-33-35-37-39-41-43-45-47-49-51-53-55-57-59-66(69)75-64(63-74-76(70,71)73-61-60-67(3,4)5)62-72-65(68)58-56-54-52-50-48-46-44-42-40-38-36-34-31-29-27-25-23-21-19-17-15-13-11-9-7-2/h8,10,14,16,19-22,25-28,31,34,64H,6-7,9,11-13,15,17-18,23-24,29-30,32-33,35-63H2,1-5H3/b10-8-,16-14-,21-19-,22-20-,27-25-,28-26-,34-31-. The molecule has 0 aliphatic heterocycles. The number of ether oxygens (including phenoxy) is 2. The first-order chi connectivity index (χ1) is 37.0. The molecule has 0 N–H and O–H groups in total. The number of phosphoric ester groups is 1. The number of unbranched alkanes of at least 4 members (excludes halogenated alkanes) is 29. The van der Waals surface area contributed by atoms with Crippen LogP contribution in [0.25, 0.3) is 0 Å². The lowest BCUT2D eigenvalue weighted by molar-refractivity contribution is -0.870. The molecule has 0 aromatic carbocycles. The Morgan fingerprint density at radius 3 is 1.12 bits per heavy atom. The van der Waals surface area contributed by atoms with Crippen molar-refractivity contribution in [2.75, 3.05) is 47.5 Å². The average Bonchev–Trinajstić information content (AvgIpc) is 3.38. The van der Waals surface area contributed by atoms with Gasteiger partial charge in [-0.15, -0.1) is 0 Å². The molecule has 0 fully saturated rings. The number of carbonyl (C=O) groups excluding carboxylic acids is 2. The van der Waals surface area contributed by atoms with Gasteiger partial charge in [0.15, 0.2) is 6.10 Å². The number of esters is 2. The van der Waals surface area contributed by atoms with E-state index in [0.29, 0.717) is 17.4 Å². The van der Waals surface area contributed by atoms with E-state index < -0.39 is 26.5 Å². The number of phosphoric acid groups is 1. The number of allylic oxidation sites excluding steroid dienone is 14. The molecule has 76 heavy (non-hydrogen) atoms. The Hall–Kier alpha value is -2.81. The van der Waals surface area contributed by atoms with Gasteiger partial charge in [-0.3, -0.25) is 14.2 Å². The molecular formula is C66H118NO8P. The molecule has 10 heteroatoms. The van der Waals surface area contributed by atoms with Gasteiger partial charge < -0.3 is 27.9 Å². The zero-order valence-corrected chi connectivity index (χ0v) is 50.8. The van der Waals surface area contributed by atoms with Crippen LogP contribution in [0.15, 0.2) is 85.1 Å². The van der Waals surface area contributed by atoms with Gasteiger partial charge in [-0.25, -0.2) is 0 Å². The van der Waals surface area contributed by atoms with Crippen molar-refractivity contribution in [1.82, 2.24) is 0 Å². The molecule has 0 rings (SSSR count). The van der Waals surface area contributed by atoms with Crippen LogP contribution >= 0.6 is 7.82 Å². The minimum atomic E-state index is -4.64. The highest BCUT2D eigenvalue weighted by molar-refractivity contribution is 7.45. The van der Waals surface area contributed by atoms with E-state index in [1.54, 1.807) is 0 Å². The van der Waals surface area contributed by atoms with E-state index in [4.69, 9.17) is 18.5 Å². The minimum absolute atomic E-state index is 0.0342. The number of quaternary nitrogens is 1. The molecule has 2 atom stereocenters. The lowest BCUT2D eigenvalue weighted by Crippen LogP contribution is -2.37. The van der Waals surface area contributed by atoms with Crippen LogP contribution in [0.3, 0.4) is 0 Å². The van der Waals surface area contributed by atoms with Gasteiger partial charge in [0, 0.05) is 12.8 Å². The van der Waals surface area contributed by atoms with Crippen molar-refractivity contribution in [2.45, 2.75) is 277 Å². The number of hydrogen-bond donors (Lipinski definition) is 0. The predicted molar refractivity (Wildman–Crippen MR) is 323 cm³/mol. The van der Waals surface area contributed by atoms with Gasteiger partial charge in [0.1, 0.15) is 19.8 Å². The number of hydrogen-bond acceptors (Lipinski definition) is 8. The van der Waals surface area contributed by atoms with Crippen LogP contribution in [-0.2, 0) is 32.7 Å². The molecule has 0 heterocycles. The van der Waals surface area contributed by atoms with Crippen molar-refractivity contribution in [3.05, 3.63) is 85.1 Å². The monoisotopic (exact) mass is 1080 g/mol. The molecule has 0 radical (unpaired) electrons. The van der Waals surface area contributed by atoms with Crippen LogP contribution in [0.1, 0.15) is 271 Å². The third-order valence-corrected chi connectivity index (χ3v) is 14.4. The fourth-order valence-electron chi connectivity index (χ4n) is 8.60. The summed E-state index contributed by atoms with van der Waals surface area (Å²) in [5.41, 5.74) is 0. The molecule has 9 nitrogen and oxygen atoms in total. The second-order valence-electron chi connectivity index (χ2n) is 22.0. The fourth-order valence-corrected chi connectivity index (χ4v) is 9.33. The SMILES string of the molecule is CC/C=C\C/C=C\C/C=C\C/C=C\CCCCCCCCCCCCCCCCC(=O)OC(COC(=O)CCCCCCCCCCCC/C=C\C/C=C\C/C=C\CCCCCCC)COP(=O)([O-])OCC[N+](C)(C)C. The van der Waals surface area contributed by atoms with Crippen molar-refractivity contribution in [3.63, 3.8) is 0 Å². The highest BCUT2D eigenvalue weighted by Gasteiger charge is 2.22. The van der Waals surface area contributed by atoms with Crippen LogP contribution < -0.4 is 4.89 Å². The third kappa shape index (κ3) is 60.4. The largest absolute Gasteiger partial charge is 0.756 e. The first-order valence-electron chi connectivity index (χ1n) is 31.3. The van der Waals surface area contributed by atoms with Crippen LogP contribution in [0, 0.1) is 0 Å². The summed E-state index contributed by atoms with van der Waals surface area (Å²) in [6, 6.07) is 0. The van der Waals surface area contributed by atoms with Gasteiger partial charge in [0.05, 0.1) is 27.7 Å². The van der Waals surface area contributed by atoms with Gasteiger partial charge in [0.2, 0.25) is 0 Å². The lowest BCUT2D eigenvalue weighted by Gasteiger charge is -2.28. The van der Waals surface area contributed by atoms with Gasteiger partial charge in [0.25, 0.3) is 7.82 Å².